The molecule has 3 nitrogen and oxygen atoms in total. The van der Waals surface area contributed by atoms with Gasteiger partial charge in [0.2, 0.25) is 0 Å². The summed E-state index contributed by atoms with van der Waals surface area (Å²) in [5.41, 5.74) is 0.832. The maximum absolute atomic E-state index is 9.35. The lowest BCUT2D eigenvalue weighted by molar-refractivity contribution is 0.407. The number of nitrogens with zero attached hydrogens (tertiary/aromatic N) is 1. The summed E-state index contributed by atoms with van der Waals surface area (Å²) in [5.74, 6) is 3.17. The molecule has 94 valence electrons. The maximum Gasteiger partial charge on any atom is 0.126 e. The van der Waals surface area contributed by atoms with Gasteiger partial charge in [0.15, 0.2) is 0 Å². The quantitative estimate of drug-likeness (QED) is 0.848. The van der Waals surface area contributed by atoms with E-state index in [1.807, 2.05) is 36.4 Å². The zero-order valence-electron chi connectivity index (χ0n) is 10.7. The second-order valence-electron chi connectivity index (χ2n) is 4.05. The summed E-state index contributed by atoms with van der Waals surface area (Å²) >= 11 is 0. The number of rotatable bonds is 4. The Kier molecular flexibility index (Phi) is 4.03. The van der Waals surface area contributed by atoms with E-state index in [0.29, 0.717) is 12.3 Å². The van der Waals surface area contributed by atoms with Crippen LogP contribution in [0.4, 0.5) is 0 Å². The molecule has 0 fully saturated rings. The molecule has 0 heterocycles. The Balaban J connectivity index is 2.61. The number of nitriles is 1. The lowest BCUT2D eigenvalue weighted by Gasteiger charge is -2.16. The van der Waals surface area contributed by atoms with E-state index in [2.05, 4.69) is 17.3 Å². The fraction of sp³-hybridized carbons (Fsp3) is 0.188. The van der Waals surface area contributed by atoms with Gasteiger partial charge in [0, 0.05) is 5.56 Å². The smallest absolute Gasteiger partial charge is 0.126 e. The second-order valence-corrected chi connectivity index (χ2v) is 4.05. The minimum Gasteiger partial charge on any atom is -0.496 e. The van der Waals surface area contributed by atoms with Crippen molar-refractivity contribution in [3.63, 3.8) is 0 Å². The van der Waals surface area contributed by atoms with Crippen LogP contribution in [0, 0.1) is 23.7 Å². The van der Waals surface area contributed by atoms with Crippen LogP contribution in [0.3, 0.4) is 0 Å². The Morgan fingerprint density at radius 2 is 2.11 bits per heavy atom. The number of methoxy groups -OCH3 is 1. The van der Waals surface area contributed by atoms with Crippen LogP contribution in [0.1, 0.15) is 11.6 Å². The van der Waals surface area contributed by atoms with Crippen LogP contribution in [-0.4, -0.2) is 13.7 Å². The summed E-state index contributed by atoms with van der Waals surface area (Å²) in [4.78, 5) is 0. The first-order valence-corrected chi connectivity index (χ1v) is 5.94. The van der Waals surface area contributed by atoms with Gasteiger partial charge in [0.1, 0.15) is 11.8 Å². The molecule has 2 rings (SSSR count). The molecule has 0 bridgehead atoms. The number of hydrogen-bond acceptors (Lipinski definition) is 3. The number of terminal acetylenes is 1. The zero-order chi connectivity index (χ0) is 13.7. The van der Waals surface area contributed by atoms with Crippen LogP contribution in [0.25, 0.3) is 10.8 Å². The van der Waals surface area contributed by atoms with Gasteiger partial charge in [-0.15, -0.1) is 6.42 Å². The standard InChI is InChI=1S/C16H14N2O/c1-3-10-18-14(11-17)16-13-7-5-4-6-12(13)8-9-15(16)19-2/h1,4-9,14,18H,10H2,2H3. The third-order valence-electron chi connectivity index (χ3n) is 2.98. The minimum atomic E-state index is -0.489. The van der Waals surface area contributed by atoms with Crippen molar-refractivity contribution < 1.29 is 4.74 Å². The average molecular weight is 250 g/mol. The van der Waals surface area contributed by atoms with Gasteiger partial charge in [-0.1, -0.05) is 36.3 Å². The molecule has 2 aromatic carbocycles. The van der Waals surface area contributed by atoms with Gasteiger partial charge in [0.05, 0.1) is 19.7 Å². The predicted molar refractivity (Wildman–Crippen MR) is 75.7 cm³/mol. The van der Waals surface area contributed by atoms with Gasteiger partial charge in [-0.05, 0) is 16.8 Å². The first-order chi connectivity index (χ1) is 9.31. The van der Waals surface area contributed by atoms with Crippen LogP contribution >= 0.6 is 0 Å². The Bertz CT molecular complexity index is 664. The Morgan fingerprint density at radius 1 is 1.32 bits per heavy atom. The third-order valence-corrected chi connectivity index (χ3v) is 2.98. The molecule has 1 unspecified atom stereocenters. The Morgan fingerprint density at radius 3 is 2.79 bits per heavy atom. The lowest BCUT2D eigenvalue weighted by Crippen LogP contribution is -2.21. The number of hydrogen-bond donors (Lipinski definition) is 1. The van der Waals surface area contributed by atoms with E-state index in [1.165, 1.54) is 0 Å². The highest BCUT2D eigenvalue weighted by molar-refractivity contribution is 5.88. The number of ether oxygens (including phenoxy) is 1. The van der Waals surface area contributed by atoms with Crippen molar-refractivity contribution in [1.29, 1.82) is 5.26 Å². The van der Waals surface area contributed by atoms with E-state index in [0.717, 1.165) is 16.3 Å². The van der Waals surface area contributed by atoms with Crippen LogP contribution in [0.15, 0.2) is 36.4 Å². The van der Waals surface area contributed by atoms with E-state index >= 15 is 0 Å². The van der Waals surface area contributed by atoms with Crippen molar-refractivity contribution in [1.82, 2.24) is 5.32 Å². The van der Waals surface area contributed by atoms with Crippen molar-refractivity contribution >= 4 is 10.8 Å². The second kappa shape index (κ2) is 5.91. The van der Waals surface area contributed by atoms with Gasteiger partial charge in [-0.25, -0.2) is 0 Å². The molecule has 0 aliphatic carbocycles. The van der Waals surface area contributed by atoms with Crippen LogP contribution < -0.4 is 10.1 Å². The largest absolute Gasteiger partial charge is 0.496 e. The van der Waals surface area contributed by atoms with Crippen molar-refractivity contribution in [3.05, 3.63) is 42.0 Å². The van der Waals surface area contributed by atoms with Gasteiger partial charge >= 0.3 is 0 Å². The van der Waals surface area contributed by atoms with Crippen molar-refractivity contribution in [2.75, 3.05) is 13.7 Å². The fourth-order valence-electron chi connectivity index (χ4n) is 2.12. The summed E-state index contributed by atoms with van der Waals surface area (Å²) < 4.78 is 5.37. The minimum absolute atomic E-state index is 0.338. The van der Waals surface area contributed by atoms with Gasteiger partial charge in [0.25, 0.3) is 0 Å². The first kappa shape index (κ1) is 13.0. The topological polar surface area (TPSA) is 45.0 Å². The van der Waals surface area contributed by atoms with E-state index in [4.69, 9.17) is 11.2 Å². The lowest BCUT2D eigenvalue weighted by atomic mass is 9.98. The zero-order valence-corrected chi connectivity index (χ0v) is 10.7. The molecule has 1 atom stereocenters. The van der Waals surface area contributed by atoms with Crippen LogP contribution in [0.2, 0.25) is 0 Å². The molecule has 0 radical (unpaired) electrons. The molecule has 2 aromatic rings. The number of nitrogens with one attached hydrogen (secondary N) is 1. The molecule has 0 spiro atoms. The van der Waals surface area contributed by atoms with E-state index < -0.39 is 6.04 Å². The van der Waals surface area contributed by atoms with E-state index in [9.17, 15) is 5.26 Å². The maximum atomic E-state index is 9.35. The number of fused-ring (bicyclic) bond motifs is 1. The highest BCUT2D eigenvalue weighted by Crippen LogP contribution is 2.32. The Labute approximate surface area is 112 Å². The molecule has 0 aromatic heterocycles. The molecule has 0 aliphatic heterocycles. The highest BCUT2D eigenvalue weighted by Gasteiger charge is 2.17. The first-order valence-electron chi connectivity index (χ1n) is 5.94. The highest BCUT2D eigenvalue weighted by atomic mass is 16.5. The monoisotopic (exact) mass is 250 g/mol. The fourth-order valence-corrected chi connectivity index (χ4v) is 2.12. The average Bonchev–Trinajstić information content (AvgIpc) is 2.47. The van der Waals surface area contributed by atoms with Gasteiger partial charge in [-0.2, -0.15) is 5.26 Å². The number of benzene rings is 2. The van der Waals surface area contributed by atoms with Crippen molar-refractivity contribution in [3.8, 4) is 24.2 Å². The van der Waals surface area contributed by atoms with Crippen LogP contribution in [0.5, 0.6) is 5.75 Å². The molecule has 0 saturated carbocycles. The SMILES string of the molecule is C#CCNC(C#N)c1c(OC)ccc2ccccc12. The molecule has 0 amide bonds. The summed E-state index contributed by atoms with van der Waals surface area (Å²) in [6.45, 7) is 0.338. The van der Waals surface area contributed by atoms with Crippen molar-refractivity contribution in [2.24, 2.45) is 0 Å². The normalized spacial score (nSPS) is 11.5. The van der Waals surface area contributed by atoms with Crippen LogP contribution in [-0.2, 0) is 0 Å². The molecule has 0 aliphatic rings. The summed E-state index contributed by atoms with van der Waals surface area (Å²) in [6.07, 6.45) is 5.24. The molecule has 19 heavy (non-hydrogen) atoms. The molecular formula is C16H14N2O. The van der Waals surface area contributed by atoms with Gasteiger partial charge in [-0.3, -0.25) is 5.32 Å². The molecular weight excluding hydrogens is 236 g/mol. The molecule has 3 heteroatoms. The van der Waals surface area contributed by atoms with Crippen molar-refractivity contribution in [2.45, 2.75) is 6.04 Å². The third kappa shape index (κ3) is 2.52. The molecule has 0 saturated heterocycles. The summed E-state index contributed by atoms with van der Waals surface area (Å²) in [7, 11) is 1.60. The van der Waals surface area contributed by atoms with E-state index in [-0.39, 0.29) is 0 Å². The van der Waals surface area contributed by atoms with E-state index in [1.54, 1.807) is 7.11 Å². The Hall–Kier alpha value is -2.49. The summed E-state index contributed by atoms with van der Waals surface area (Å²) in [5, 5.41) is 14.4. The predicted octanol–water partition coefficient (Wildman–Crippen LogP) is 2.64. The van der Waals surface area contributed by atoms with Gasteiger partial charge < -0.3 is 4.74 Å². The molecule has 1 N–H and O–H groups in total. The summed E-state index contributed by atoms with van der Waals surface area (Å²) in [6, 6.07) is 13.5.